The minimum atomic E-state index is -0.0820. The lowest BCUT2D eigenvalue weighted by atomic mass is 9.47. The van der Waals surface area contributed by atoms with E-state index in [-0.39, 0.29) is 17.5 Å². The predicted octanol–water partition coefficient (Wildman–Crippen LogP) is 5.13. The number of carbonyl (C=O) groups excluding carboxylic acids is 1. The van der Waals surface area contributed by atoms with Crippen molar-refractivity contribution >= 4 is 5.97 Å². The van der Waals surface area contributed by atoms with E-state index in [4.69, 9.17) is 4.74 Å². The van der Waals surface area contributed by atoms with E-state index < -0.39 is 0 Å². The van der Waals surface area contributed by atoms with E-state index in [0.29, 0.717) is 5.41 Å². The molecule has 0 saturated heterocycles. The molecule has 5 aliphatic carbocycles. The molecule has 0 aromatic rings. The fraction of sp³-hybridized carbons (Fsp3) is 0.864. The molecule has 5 aliphatic rings. The molecule has 0 aliphatic heterocycles. The SMILES string of the molecule is CC(=O)O[C@H]1CC[C@H]2[C@@H]3[C@H]4C[C@H]4C4=CCCC[C@]4(C)[C@H]3CC[C@]12C. The highest BCUT2D eigenvalue weighted by molar-refractivity contribution is 5.66. The highest BCUT2D eigenvalue weighted by Crippen LogP contribution is 2.73. The van der Waals surface area contributed by atoms with Gasteiger partial charge in [-0.3, -0.25) is 4.79 Å². The zero-order valence-corrected chi connectivity index (χ0v) is 15.5. The highest BCUT2D eigenvalue weighted by atomic mass is 16.5. The first-order valence-corrected chi connectivity index (χ1v) is 10.3. The monoisotopic (exact) mass is 328 g/mol. The first-order valence-electron chi connectivity index (χ1n) is 10.3. The Morgan fingerprint density at radius 3 is 2.79 bits per heavy atom. The fourth-order valence-electron chi connectivity index (χ4n) is 7.96. The van der Waals surface area contributed by atoms with Crippen molar-refractivity contribution in [2.45, 2.75) is 78.2 Å². The summed E-state index contributed by atoms with van der Waals surface area (Å²) in [5.74, 6) is 4.36. The molecular formula is C22H32O2. The van der Waals surface area contributed by atoms with Crippen molar-refractivity contribution in [3.63, 3.8) is 0 Å². The first-order chi connectivity index (χ1) is 11.4. The van der Waals surface area contributed by atoms with Gasteiger partial charge in [-0.25, -0.2) is 0 Å². The third-order valence-electron chi connectivity index (χ3n) is 9.03. The maximum Gasteiger partial charge on any atom is 0.302 e. The Labute approximate surface area is 146 Å². The number of allylic oxidation sites excluding steroid dienone is 2. The van der Waals surface area contributed by atoms with Crippen LogP contribution in [0.1, 0.15) is 72.1 Å². The topological polar surface area (TPSA) is 26.3 Å². The van der Waals surface area contributed by atoms with Gasteiger partial charge < -0.3 is 4.74 Å². The van der Waals surface area contributed by atoms with Gasteiger partial charge in [-0.15, -0.1) is 0 Å². The molecule has 4 saturated carbocycles. The van der Waals surface area contributed by atoms with E-state index in [9.17, 15) is 4.79 Å². The molecule has 24 heavy (non-hydrogen) atoms. The van der Waals surface area contributed by atoms with Crippen LogP contribution in [-0.2, 0) is 9.53 Å². The molecule has 0 aromatic carbocycles. The molecular weight excluding hydrogens is 296 g/mol. The minimum Gasteiger partial charge on any atom is -0.462 e. The Bertz CT molecular complexity index is 607. The van der Waals surface area contributed by atoms with Crippen LogP contribution in [0.2, 0.25) is 0 Å². The van der Waals surface area contributed by atoms with Gasteiger partial charge in [0, 0.05) is 12.3 Å². The molecule has 0 radical (unpaired) electrons. The smallest absolute Gasteiger partial charge is 0.302 e. The lowest BCUT2D eigenvalue weighted by Crippen LogP contribution is -2.52. The number of rotatable bonds is 1. The van der Waals surface area contributed by atoms with Crippen LogP contribution in [0.25, 0.3) is 0 Å². The molecule has 132 valence electrons. The van der Waals surface area contributed by atoms with Crippen LogP contribution in [0.5, 0.6) is 0 Å². The highest BCUT2D eigenvalue weighted by Gasteiger charge is 2.67. The normalized spacial score (nSPS) is 54.7. The Hall–Kier alpha value is -0.790. The summed E-state index contributed by atoms with van der Waals surface area (Å²) in [5.41, 5.74) is 2.59. The van der Waals surface area contributed by atoms with Crippen molar-refractivity contribution < 1.29 is 9.53 Å². The van der Waals surface area contributed by atoms with Crippen LogP contribution >= 0.6 is 0 Å². The second-order valence-electron chi connectivity index (χ2n) is 9.99. The largest absolute Gasteiger partial charge is 0.462 e. The quantitative estimate of drug-likeness (QED) is 0.493. The zero-order valence-electron chi connectivity index (χ0n) is 15.5. The predicted molar refractivity (Wildman–Crippen MR) is 94.2 cm³/mol. The molecule has 5 rings (SSSR count). The average molecular weight is 328 g/mol. The van der Waals surface area contributed by atoms with Gasteiger partial charge in [-0.1, -0.05) is 25.5 Å². The van der Waals surface area contributed by atoms with Gasteiger partial charge in [-0.05, 0) is 86.4 Å². The molecule has 0 bridgehead atoms. The van der Waals surface area contributed by atoms with Gasteiger partial charge in [0.2, 0.25) is 0 Å². The van der Waals surface area contributed by atoms with Gasteiger partial charge in [0.25, 0.3) is 0 Å². The van der Waals surface area contributed by atoms with E-state index in [2.05, 4.69) is 19.9 Å². The summed E-state index contributed by atoms with van der Waals surface area (Å²) in [6.45, 7) is 6.63. The molecule has 2 nitrogen and oxygen atoms in total. The molecule has 8 atom stereocenters. The number of hydrogen-bond acceptors (Lipinski definition) is 2. The van der Waals surface area contributed by atoms with Gasteiger partial charge in [0.05, 0.1) is 0 Å². The third-order valence-corrected chi connectivity index (χ3v) is 9.03. The third kappa shape index (κ3) is 1.86. The van der Waals surface area contributed by atoms with Gasteiger partial charge >= 0.3 is 5.97 Å². The van der Waals surface area contributed by atoms with Crippen molar-refractivity contribution in [3.05, 3.63) is 11.6 Å². The Kier molecular flexibility index (Phi) is 3.15. The molecule has 0 amide bonds. The lowest BCUT2D eigenvalue weighted by molar-refractivity contribution is -0.157. The van der Waals surface area contributed by atoms with Gasteiger partial charge in [0.15, 0.2) is 0 Å². The van der Waals surface area contributed by atoms with Crippen molar-refractivity contribution in [2.75, 3.05) is 0 Å². The van der Waals surface area contributed by atoms with E-state index in [0.717, 1.165) is 36.0 Å². The summed E-state index contributed by atoms with van der Waals surface area (Å²) < 4.78 is 5.79. The lowest BCUT2D eigenvalue weighted by Gasteiger charge is -2.57. The van der Waals surface area contributed by atoms with E-state index in [1.54, 1.807) is 6.92 Å². The summed E-state index contributed by atoms with van der Waals surface area (Å²) in [7, 11) is 0. The Morgan fingerprint density at radius 1 is 1.17 bits per heavy atom. The van der Waals surface area contributed by atoms with Crippen LogP contribution in [0.4, 0.5) is 0 Å². The number of carbonyl (C=O) groups is 1. The number of hydrogen-bond donors (Lipinski definition) is 0. The van der Waals surface area contributed by atoms with Crippen LogP contribution in [0.15, 0.2) is 11.6 Å². The summed E-state index contributed by atoms with van der Waals surface area (Å²) in [5, 5.41) is 0. The van der Waals surface area contributed by atoms with Crippen LogP contribution in [0, 0.1) is 40.4 Å². The maximum absolute atomic E-state index is 11.6. The van der Waals surface area contributed by atoms with E-state index in [1.807, 2.05) is 5.57 Å². The maximum atomic E-state index is 11.6. The van der Waals surface area contributed by atoms with Crippen LogP contribution in [0.3, 0.4) is 0 Å². The zero-order chi connectivity index (χ0) is 16.7. The van der Waals surface area contributed by atoms with Crippen molar-refractivity contribution in [3.8, 4) is 0 Å². The van der Waals surface area contributed by atoms with Gasteiger partial charge in [-0.2, -0.15) is 0 Å². The van der Waals surface area contributed by atoms with Crippen molar-refractivity contribution in [2.24, 2.45) is 40.4 Å². The number of fused-ring (bicyclic) bond motifs is 8. The second kappa shape index (κ2) is 4.89. The first kappa shape index (κ1) is 15.5. The molecule has 0 aromatic heterocycles. The van der Waals surface area contributed by atoms with Crippen molar-refractivity contribution in [1.29, 1.82) is 0 Å². The Morgan fingerprint density at radius 2 is 2.00 bits per heavy atom. The second-order valence-corrected chi connectivity index (χ2v) is 9.99. The molecule has 0 N–H and O–H groups in total. The minimum absolute atomic E-state index is 0.0820. The number of esters is 1. The standard InChI is InChI=1S/C22H32O2/c1-13(23)24-19-8-7-17-20-15-12-14(15)16-6-4-5-10-21(16,2)18(20)9-11-22(17,19)3/h6,14-15,17-20H,4-5,7-12H2,1-3H3/t14-,15+,17+,18+,19+,20+,21+,22+/m1/s1. The van der Waals surface area contributed by atoms with Crippen LogP contribution in [-0.4, -0.2) is 12.1 Å². The molecule has 0 spiro atoms. The fourth-order valence-corrected chi connectivity index (χ4v) is 7.96. The summed E-state index contributed by atoms with van der Waals surface area (Å²) in [4.78, 5) is 11.6. The van der Waals surface area contributed by atoms with Gasteiger partial charge in [0.1, 0.15) is 6.10 Å². The molecule has 0 unspecified atom stereocenters. The van der Waals surface area contributed by atoms with Crippen molar-refractivity contribution in [1.82, 2.24) is 0 Å². The molecule has 4 fully saturated rings. The van der Waals surface area contributed by atoms with Crippen LogP contribution < -0.4 is 0 Å². The summed E-state index contributed by atoms with van der Waals surface area (Å²) in [6.07, 6.45) is 13.4. The number of ether oxygens (including phenoxy) is 1. The van der Waals surface area contributed by atoms with E-state index in [1.165, 1.54) is 44.9 Å². The summed E-state index contributed by atoms with van der Waals surface area (Å²) in [6, 6.07) is 0. The molecule has 2 heteroatoms. The summed E-state index contributed by atoms with van der Waals surface area (Å²) >= 11 is 0. The molecule has 0 heterocycles. The Balaban J connectivity index is 1.49. The average Bonchev–Trinajstić information content (AvgIpc) is 3.25. The van der Waals surface area contributed by atoms with E-state index >= 15 is 0 Å².